The van der Waals surface area contributed by atoms with Gasteiger partial charge in [0, 0.05) is 0 Å². The van der Waals surface area contributed by atoms with Crippen LogP contribution in [0.2, 0.25) is 0 Å². The number of hydrogen-bond acceptors (Lipinski definition) is 6. The van der Waals surface area contributed by atoms with Crippen LogP contribution in [0.4, 0.5) is 0 Å². The molecule has 0 aromatic carbocycles. The predicted octanol–water partition coefficient (Wildman–Crippen LogP) is -2.56. The fraction of sp³-hybridized carbons (Fsp3) is 1.00. The maximum Gasteiger partial charge on any atom is 0.148 e. The molecule has 2 atom stereocenters. The molecule has 6 nitrogen and oxygen atoms in total. The topological polar surface area (TPSA) is 99.4 Å². The van der Waals surface area contributed by atoms with Crippen molar-refractivity contribution in [1.82, 2.24) is 0 Å². The molecule has 1 aliphatic heterocycles. The Morgan fingerprint density at radius 2 is 1.85 bits per heavy atom. The van der Waals surface area contributed by atoms with E-state index in [1.165, 1.54) is 0 Å². The second kappa shape index (κ2) is 4.32. The lowest BCUT2D eigenvalue weighted by molar-refractivity contribution is -0.299. The third-order valence-electron chi connectivity index (χ3n) is 2.23. The van der Waals surface area contributed by atoms with Gasteiger partial charge in [0.25, 0.3) is 0 Å². The zero-order chi connectivity index (χ0) is 9.90. The van der Waals surface area contributed by atoms with Gasteiger partial charge in [-0.1, -0.05) is 0 Å². The van der Waals surface area contributed by atoms with Gasteiger partial charge in [-0.25, -0.2) is 0 Å². The lowest BCUT2D eigenvalue weighted by Crippen LogP contribution is -2.61. The van der Waals surface area contributed by atoms with E-state index >= 15 is 0 Å². The van der Waals surface area contributed by atoms with E-state index in [1.807, 2.05) is 0 Å². The molecule has 1 unspecified atom stereocenters. The van der Waals surface area contributed by atoms with E-state index in [1.54, 1.807) is 0 Å². The minimum Gasteiger partial charge on any atom is -0.394 e. The van der Waals surface area contributed by atoms with Crippen LogP contribution >= 0.6 is 0 Å². The highest BCUT2D eigenvalue weighted by Gasteiger charge is 2.46. The number of aliphatic hydroxyl groups excluding tert-OH is 4. The van der Waals surface area contributed by atoms with E-state index in [-0.39, 0.29) is 13.4 Å². The van der Waals surface area contributed by atoms with E-state index < -0.39 is 31.0 Å². The van der Waals surface area contributed by atoms with E-state index in [2.05, 4.69) is 0 Å². The van der Waals surface area contributed by atoms with Gasteiger partial charge in [0.05, 0.1) is 19.8 Å². The van der Waals surface area contributed by atoms with Crippen molar-refractivity contribution in [3.8, 4) is 0 Å². The van der Waals surface area contributed by atoms with Crippen molar-refractivity contribution >= 4 is 0 Å². The quantitative estimate of drug-likeness (QED) is 0.394. The van der Waals surface area contributed by atoms with Gasteiger partial charge in [0.1, 0.15) is 24.6 Å². The first-order valence-electron chi connectivity index (χ1n) is 3.96. The summed E-state index contributed by atoms with van der Waals surface area (Å²) in [4.78, 5) is 0. The highest BCUT2D eigenvalue weighted by atomic mass is 16.7. The van der Waals surface area contributed by atoms with Crippen molar-refractivity contribution in [2.75, 3.05) is 26.6 Å². The maximum atomic E-state index is 9.55. The first-order valence-corrected chi connectivity index (χ1v) is 3.96. The van der Waals surface area contributed by atoms with E-state index in [4.69, 9.17) is 24.8 Å². The largest absolute Gasteiger partial charge is 0.394 e. The first-order chi connectivity index (χ1) is 6.20. The molecule has 6 heteroatoms. The summed E-state index contributed by atoms with van der Waals surface area (Å²) < 4.78 is 9.78. The highest BCUT2D eigenvalue weighted by Crippen LogP contribution is 2.24. The fourth-order valence-corrected chi connectivity index (χ4v) is 1.23. The lowest BCUT2D eigenvalue weighted by Gasteiger charge is -2.42. The van der Waals surface area contributed by atoms with Gasteiger partial charge in [0.15, 0.2) is 0 Å². The van der Waals surface area contributed by atoms with Gasteiger partial charge < -0.3 is 29.9 Å². The third kappa shape index (κ3) is 1.83. The summed E-state index contributed by atoms with van der Waals surface area (Å²) in [6.07, 6.45) is -2.06. The Hall–Kier alpha value is -0.240. The molecular formula is C7H14O6. The van der Waals surface area contributed by atoms with Crippen LogP contribution in [0.3, 0.4) is 0 Å². The molecule has 0 amide bonds. The van der Waals surface area contributed by atoms with Gasteiger partial charge in [0.2, 0.25) is 0 Å². The molecule has 0 aliphatic carbocycles. The van der Waals surface area contributed by atoms with E-state index in [9.17, 15) is 5.11 Å². The summed E-state index contributed by atoms with van der Waals surface area (Å²) in [6.45, 7) is -1.59. The van der Waals surface area contributed by atoms with Crippen LogP contribution in [0.25, 0.3) is 0 Å². The molecule has 13 heavy (non-hydrogen) atoms. The summed E-state index contributed by atoms with van der Waals surface area (Å²) in [7, 11) is 0. The van der Waals surface area contributed by atoms with Gasteiger partial charge in [-0.15, -0.1) is 0 Å². The minimum absolute atomic E-state index is 0.163. The number of rotatable bonds is 3. The molecule has 78 valence electrons. The zero-order valence-electron chi connectivity index (χ0n) is 7.09. The molecule has 1 rings (SSSR count). The van der Waals surface area contributed by atoms with E-state index in [0.717, 1.165) is 0 Å². The summed E-state index contributed by atoms with van der Waals surface area (Å²) in [5.74, 6) is 0. The minimum atomic E-state index is -1.42. The van der Waals surface area contributed by atoms with Crippen LogP contribution in [0.5, 0.6) is 0 Å². The van der Waals surface area contributed by atoms with Crippen molar-refractivity contribution in [2.24, 2.45) is 0 Å². The Kier molecular flexibility index (Phi) is 3.60. The fourth-order valence-electron chi connectivity index (χ4n) is 1.23. The van der Waals surface area contributed by atoms with Crippen molar-refractivity contribution in [3.63, 3.8) is 0 Å². The molecule has 0 aromatic heterocycles. The molecule has 1 saturated heterocycles. The molecule has 0 radical (unpaired) electrons. The SMILES string of the molecule is OC[C@H]1OCOC(CO)(CO)C1O. The van der Waals surface area contributed by atoms with Crippen LogP contribution in [0.1, 0.15) is 0 Å². The van der Waals surface area contributed by atoms with Gasteiger partial charge in [-0.05, 0) is 0 Å². The van der Waals surface area contributed by atoms with Crippen molar-refractivity contribution in [3.05, 3.63) is 0 Å². The lowest BCUT2D eigenvalue weighted by atomic mass is 9.93. The van der Waals surface area contributed by atoms with Gasteiger partial charge in [-0.2, -0.15) is 0 Å². The Labute approximate surface area is 75.3 Å². The van der Waals surface area contributed by atoms with Crippen LogP contribution in [-0.4, -0.2) is 64.8 Å². The molecule has 4 N–H and O–H groups in total. The Balaban J connectivity index is 2.72. The van der Waals surface area contributed by atoms with Gasteiger partial charge in [-0.3, -0.25) is 0 Å². The maximum absolute atomic E-state index is 9.55. The van der Waals surface area contributed by atoms with E-state index in [0.29, 0.717) is 0 Å². The normalized spacial score (nSPS) is 33.2. The molecule has 0 bridgehead atoms. The second-order valence-corrected chi connectivity index (χ2v) is 2.98. The predicted molar refractivity (Wildman–Crippen MR) is 40.8 cm³/mol. The van der Waals surface area contributed by atoms with Crippen LogP contribution in [0.15, 0.2) is 0 Å². The average Bonchev–Trinajstić information content (AvgIpc) is 2.19. The molecule has 0 aromatic rings. The third-order valence-corrected chi connectivity index (χ3v) is 2.23. The summed E-state index contributed by atoms with van der Waals surface area (Å²) in [5, 5.41) is 36.2. The highest BCUT2D eigenvalue weighted by molar-refractivity contribution is 4.93. The molecule has 0 saturated carbocycles. The standard InChI is InChI=1S/C7H14O6/c8-1-5-6(11)7(2-9,3-10)13-4-12-5/h5-6,8-11H,1-4H2/t5-,6?/m1/s1. The van der Waals surface area contributed by atoms with Crippen molar-refractivity contribution < 1.29 is 29.9 Å². The van der Waals surface area contributed by atoms with Crippen molar-refractivity contribution in [2.45, 2.75) is 17.8 Å². The number of aliphatic hydroxyl groups is 4. The smallest absolute Gasteiger partial charge is 0.148 e. The Morgan fingerprint density at radius 3 is 2.31 bits per heavy atom. The van der Waals surface area contributed by atoms with Gasteiger partial charge >= 0.3 is 0 Å². The number of hydrogen-bond donors (Lipinski definition) is 4. The Morgan fingerprint density at radius 1 is 1.23 bits per heavy atom. The summed E-state index contributed by atoms with van der Waals surface area (Å²) in [5.41, 5.74) is -1.42. The van der Waals surface area contributed by atoms with Crippen LogP contribution in [-0.2, 0) is 9.47 Å². The molecule has 1 aliphatic rings. The molecular weight excluding hydrogens is 180 g/mol. The summed E-state index contributed by atoms with van der Waals surface area (Å²) in [6, 6.07) is 0. The second-order valence-electron chi connectivity index (χ2n) is 2.98. The first kappa shape index (κ1) is 10.8. The molecule has 1 fully saturated rings. The molecule has 1 heterocycles. The van der Waals surface area contributed by atoms with Crippen molar-refractivity contribution in [1.29, 1.82) is 0 Å². The van der Waals surface area contributed by atoms with Crippen LogP contribution < -0.4 is 0 Å². The molecule has 0 spiro atoms. The zero-order valence-corrected chi connectivity index (χ0v) is 7.09. The Bertz CT molecular complexity index is 157. The van der Waals surface area contributed by atoms with Crippen LogP contribution in [0, 0.1) is 0 Å². The number of ether oxygens (including phenoxy) is 2. The average molecular weight is 194 g/mol. The summed E-state index contributed by atoms with van der Waals surface area (Å²) >= 11 is 0. The monoisotopic (exact) mass is 194 g/mol.